The van der Waals surface area contributed by atoms with E-state index in [4.69, 9.17) is 0 Å². The van der Waals surface area contributed by atoms with Crippen molar-refractivity contribution in [2.24, 2.45) is 22.7 Å². The van der Waals surface area contributed by atoms with Gasteiger partial charge < -0.3 is 56.6 Å². The molecule has 2 aromatic heterocycles. The summed E-state index contributed by atoms with van der Waals surface area (Å²) in [5, 5.41) is 29.2. The van der Waals surface area contributed by atoms with E-state index < -0.39 is 52.6 Å². The fourth-order valence-electron chi connectivity index (χ4n) is 14.7. The Morgan fingerprint density at radius 2 is 1.50 bits per heavy atom. The lowest BCUT2D eigenvalue weighted by atomic mass is 9.82. The van der Waals surface area contributed by atoms with Gasteiger partial charge in [-0.3, -0.25) is 38.6 Å². The van der Waals surface area contributed by atoms with Crippen LogP contribution in [0.25, 0.3) is 10.4 Å². The molecule has 5 aliphatic heterocycles. The van der Waals surface area contributed by atoms with Gasteiger partial charge in [-0.15, -0.1) is 11.3 Å². The summed E-state index contributed by atoms with van der Waals surface area (Å²) >= 11 is 1.57. The second-order valence-corrected chi connectivity index (χ2v) is 30.2. The van der Waals surface area contributed by atoms with E-state index in [0.717, 1.165) is 92.3 Å². The molecule has 2 aromatic carbocycles. The van der Waals surface area contributed by atoms with Gasteiger partial charge >= 0.3 is 0 Å². The van der Waals surface area contributed by atoms with E-state index in [9.17, 15) is 33.9 Å². The van der Waals surface area contributed by atoms with Crippen LogP contribution < -0.4 is 41.7 Å². The SMILES string of the molecule is Cc1ncsc1-c1ccc([C@H](C)NC(=O)[C@@H]2C[C@@H](O)CN2C(=O)[C@@H](NC(=O)CCC(=O)NCCCN(C)C2C[C@@H]3CN(CC(=O)NCCCNc4cc(N5CCC6(CC5)CN(c5cc(F)c(CN7CCC(C)(C)CC7)cc5F)CC(=O)N6)ncn4)C[C@@H]3C2)C(C)(C)C)cc1. The van der Waals surface area contributed by atoms with Gasteiger partial charge in [0, 0.05) is 108 Å². The van der Waals surface area contributed by atoms with Crippen molar-refractivity contribution in [3.63, 3.8) is 0 Å². The summed E-state index contributed by atoms with van der Waals surface area (Å²) < 4.78 is 31.3. The third kappa shape index (κ3) is 17.9. The van der Waals surface area contributed by atoms with Gasteiger partial charge in [-0.25, -0.2) is 23.7 Å². The van der Waals surface area contributed by atoms with Crippen LogP contribution in [0, 0.1) is 41.2 Å². The molecule has 1 saturated carbocycles. The Morgan fingerprint density at radius 3 is 2.19 bits per heavy atom. The van der Waals surface area contributed by atoms with E-state index in [1.807, 2.05) is 70.5 Å². The van der Waals surface area contributed by atoms with E-state index in [1.165, 1.54) is 23.4 Å². The summed E-state index contributed by atoms with van der Waals surface area (Å²) in [4.78, 5) is 107. The van der Waals surface area contributed by atoms with Gasteiger partial charge in [0.1, 0.15) is 41.7 Å². The number of benzene rings is 2. The molecule has 1 aliphatic carbocycles. The lowest BCUT2D eigenvalue weighted by Crippen LogP contribution is -2.66. The molecule has 22 nitrogen and oxygen atoms in total. The van der Waals surface area contributed by atoms with Crippen LogP contribution in [0.3, 0.4) is 0 Å². The second kappa shape index (κ2) is 30.4. The van der Waals surface area contributed by atoms with Gasteiger partial charge in [0.05, 0.1) is 52.5 Å². The summed E-state index contributed by atoms with van der Waals surface area (Å²) in [6.45, 7) is 21.9. The van der Waals surface area contributed by atoms with E-state index in [0.29, 0.717) is 101 Å². The van der Waals surface area contributed by atoms with Crippen LogP contribution >= 0.6 is 11.3 Å². The summed E-state index contributed by atoms with van der Waals surface area (Å²) in [7, 11) is 2.13. The summed E-state index contributed by atoms with van der Waals surface area (Å²) in [5.74, 6) is -0.259. The molecule has 6 fully saturated rings. The normalized spacial score (nSPS) is 22.8. The number of amides is 6. The molecule has 5 saturated heterocycles. The van der Waals surface area contributed by atoms with Gasteiger partial charge in [-0.05, 0) is 132 Å². The predicted molar refractivity (Wildman–Crippen MR) is 360 cm³/mol. The smallest absolute Gasteiger partial charge is 0.246 e. The van der Waals surface area contributed by atoms with E-state index >= 15 is 8.78 Å². The zero-order valence-corrected chi connectivity index (χ0v) is 57.0. The number of fused-ring (bicyclic) bond motifs is 1. The number of piperazine rings is 1. The average Bonchev–Trinajstić information content (AvgIpc) is 1.25. The first kappa shape index (κ1) is 69.9. The van der Waals surface area contributed by atoms with Gasteiger partial charge in [0.25, 0.3) is 0 Å². The zero-order valence-electron chi connectivity index (χ0n) is 56.2. The Morgan fingerprint density at radius 1 is 0.809 bits per heavy atom. The largest absolute Gasteiger partial charge is 0.391 e. The Hall–Kier alpha value is -6.93. The number of carbonyl (C=O) groups is 6. The highest BCUT2D eigenvalue weighted by Crippen LogP contribution is 2.41. The molecule has 512 valence electrons. The van der Waals surface area contributed by atoms with Crippen LogP contribution in [-0.4, -0.2) is 204 Å². The number of hydrogen-bond acceptors (Lipinski definition) is 17. The first-order valence-corrected chi connectivity index (χ1v) is 34.8. The lowest BCUT2D eigenvalue weighted by molar-refractivity contribution is -0.144. The van der Waals surface area contributed by atoms with Crippen LogP contribution in [0.4, 0.5) is 26.1 Å². The number of anilines is 3. The van der Waals surface area contributed by atoms with Crippen LogP contribution in [0.15, 0.2) is 54.3 Å². The number of aromatic nitrogens is 3. The molecule has 25 heteroatoms. The maximum Gasteiger partial charge on any atom is 0.246 e. The number of aliphatic hydroxyl groups excluding tert-OH is 1. The number of piperidine rings is 2. The maximum atomic E-state index is 15.8. The topological polar surface area (TPSA) is 253 Å². The Bertz CT molecular complexity index is 3300. The van der Waals surface area contributed by atoms with E-state index in [2.05, 4.69) is 87.3 Å². The fraction of sp³-hybridized carbons (Fsp3) is 0.638. The summed E-state index contributed by atoms with van der Waals surface area (Å²) in [6.07, 6.45) is 7.32. The highest BCUT2D eigenvalue weighted by Gasteiger charge is 2.46. The molecule has 6 amide bonds. The number of aryl methyl sites for hydroxylation is 1. The minimum Gasteiger partial charge on any atom is -0.391 e. The Kier molecular flexibility index (Phi) is 22.6. The number of β-amino-alcohol motifs (C(OH)–C–C–N with tert-alkyl or cyclic N) is 1. The van der Waals surface area contributed by atoms with E-state index in [-0.39, 0.29) is 73.1 Å². The number of thiazole rings is 1. The molecule has 7 heterocycles. The molecule has 6 aliphatic rings. The molecule has 7 N–H and O–H groups in total. The standard InChI is InChI=1S/C69H99F2N15O7S/c1-44(46-11-13-47(14-12-46)63-45(2)77-43-94-63)78-65(92)56-32-52(87)38-86(56)66(93)64(67(3,4)5)79-60(89)16-15-59(88)73-23-10-24-81(8)51-29-48-35-83(36-49(48)30-51)39-61(90)74-22-9-21-72-57-34-58(76-42-75-57)84-27-19-69(20-28-84)41-85(40-62(91)80-69)55-33-53(70)50(31-54(55)71)37-82-25-17-68(6,7)18-26-82/h11-14,31,33-34,42-44,48-49,51-52,56,64,87H,9-10,15-30,32,35-41H2,1-8H3,(H,73,88)(H,74,90)(H,78,92)(H,79,89)(H,80,91)(H,72,75,76)/t44-,48-,49+,51?,52+,56-,64+/m0/s1. The van der Waals surface area contributed by atoms with Crippen LogP contribution in [-0.2, 0) is 35.3 Å². The van der Waals surface area contributed by atoms with Gasteiger partial charge in [-0.1, -0.05) is 58.9 Å². The van der Waals surface area contributed by atoms with Crippen LogP contribution in [0.2, 0.25) is 0 Å². The van der Waals surface area contributed by atoms with Crippen LogP contribution in [0.1, 0.15) is 135 Å². The first-order valence-electron chi connectivity index (χ1n) is 33.9. The first-order chi connectivity index (χ1) is 44.8. The number of halogens is 2. The molecular formula is C69H99F2N15O7S. The highest BCUT2D eigenvalue weighted by atomic mass is 32.1. The second-order valence-electron chi connectivity index (χ2n) is 29.3. The third-order valence-electron chi connectivity index (χ3n) is 20.4. The molecule has 7 atom stereocenters. The Labute approximate surface area is 556 Å². The fourth-order valence-corrected chi connectivity index (χ4v) is 15.5. The maximum absolute atomic E-state index is 15.8. The number of aliphatic hydroxyl groups is 1. The molecule has 0 bridgehead atoms. The zero-order chi connectivity index (χ0) is 67.1. The molecule has 1 unspecified atom stereocenters. The van der Waals surface area contributed by atoms with Crippen molar-refractivity contribution in [3.8, 4) is 10.4 Å². The number of carbonyl (C=O) groups excluding carboxylic acids is 6. The monoisotopic (exact) mass is 1320 g/mol. The number of nitrogens with zero attached hydrogens (tertiary/aromatic N) is 9. The average molecular weight is 1320 g/mol. The van der Waals surface area contributed by atoms with Crippen molar-refractivity contribution in [2.45, 2.75) is 161 Å². The third-order valence-corrected chi connectivity index (χ3v) is 21.4. The van der Waals surface area contributed by atoms with Crippen molar-refractivity contribution in [1.82, 2.24) is 61.1 Å². The predicted octanol–water partition coefficient (Wildman–Crippen LogP) is 6.00. The molecule has 1 spiro atoms. The number of hydrogen-bond donors (Lipinski definition) is 7. The summed E-state index contributed by atoms with van der Waals surface area (Å²) in [6, 6.07) is 10.5. The van der Waals surface area contributed by atoms with Gasteiger partial charge in [-0.2, -0.15) is 0 Å². The number of rotatable bonds is 25. The summed E-state index contributed by atoms with van der Waals surface area (Å²) in [5.41, 5.74) is 4.07. The Balaban J connectivity index is 0.571. The molecule has 0 radical (unpaired) electrons. The molecular weight excluding hydrogens is 1220 g/mol. The molecule has 94 heavy (non-hydrogen) atoms. The quantitative estimate of drug-likeness (QED) is 0.0376. The van der Waals surface area contributed by atoms with Crippen molar-refractivity contribution >= 4 is 64.1 Å². The highest BCUT2D eigenvalue weighted by molar-refractivity contribution is 7.13. The van der Waals surface area contributed by atoms with Crippen LogP contribution in [0.5, 0.6) is 0 Å². The number of nitrogens with one attached hydrogen (secondary N) is 6. The van der Waals surface area contributed by atoms with Crippen molar-refractivity contribution < 1.29 is 42.7 Å². The number of likely N-dealkylation sites (tertiary alicyclic amines) is 3. The van der Waals surface area contributed by atoms with Crippen molar-refractivity contribution in [3.05, 3.63) is 82.8 Å². The molecule has 10 rings (SSSR count). The minimum atomic E-state index is -1.00. The van der Waals surface area contributed by atoms with Gasteiger partial charge in [0.15, 0.2) is 0 Å². The van der Waals surface area contributed by atoms with Gasteiger partial charge in [0.2, 0.25) is 35.4 Å². The van der Waals surface area contributed by atoms with Crippen molar-refractivity contribution in [2.75, 3.05) is 114 Å². The molecule has 4 aromatic rings. The minimum absolute atomic E-state index is 0.00940. The lowest BCUT2D eigenvalue weighted by Gasteiger charge is -2.48. The van der Waals surface area contributed by atoms with E-state index in [1.54, 1.807) is 16.2 Å². The van der Waals surface area contributed by atoms with Crippen molar-refractivity contribution in [1.29, 1.82) is 0 Å².